The van der Waals surface area contributed by atoms with Crippen molar-refractivity contribution in [1.82, 2.24) is 0 Å². The van der Waals surface area contributed by atoms with E-state index in [0.717, 1.165) is 0 Å². The van der Waals surface area contributed by atoms with Crippen LogP contribution in [-0.4, -0.2) is 19.6 Å². The van der Waals surface area contributed by atoms with Crippen LogP contribution in [0.5, 0.6) is 0 Å². The van der Waals surface area contributed by atoms with Crippen LogP contribution in [0.2, 0.25) is 0 Å². The van der Waals surface area contributed by atoms with Crippen molar-refractivity contribution in [3.8, 4) is 0 Å². The number of hydrogen-bond acceptors (Lipinski definition) is 3. The smallest absolute Gasteiger partial charge is 0.302 e. The summed E-state index contributed by atoms with van der Waals surface area (Å²) in [6, 6.07) is 0. The van der Waals surface area contributed by atoms with Crippen molar-refractivity contribution in [2.75, 3.05) is 0 Å². The number of phosphoric acid groups is 2. The minimum absolute atomic E-state index is 0. The Morgan fingerprint density at radius 1 is 0.900 bits per heavy atom. The van der Waals surface area contributed by atoms with Crippen molar-refractivity contribution >= 4 is 15.6 Å². The molecule has 1 radical (unpaired) electrons. The second-order valence-electron chi connectivity index (χ2n) is 1.06. The molecule has 0 aromatic rings. The van der Waals surface area contributed by atoms with Crippen molar-refractivity contribution in [3.05, 3.63) is 0 Å². The SMILES string of the molecule is O=P(O)(O)OP(=O)(O)O.[Y]. The maximum atomic E-state index is 9.63. The molecule has 0 aromatic heterocycles. The summed E-state index contributed by atoms with van der Waals surface area (Å²) in [6.07, 6.45) is 0. The molecule has 0 unspecified atom stereocenters. The predicted molar refractivity (Wildman–Crippen MR) is 25.2 cm³/mol. The van der Waals surface area contributed by atoms with Crippen LogP contribution in [0, 0.1) is 0 Å². The van der Waals surface area contributed by atoms with Crippen LogP contribution in [0.4, 0.5) is 0 Å². The summed E-state index contributed by atoms with van der Waals surface area (Å²) in [6.45, 7) is 0. The van der Waals surface area contributed by atoms with Gasteiger partial charge in [0.05, 0.1) is 0 Å². The van der Waals surface area contributed by atoms with Gasteiger partial charge in [-0.3, -0.25) is 0 Å². The van der Waals surface area contributed by atoms with Crippen molar-refractivity contribution in [2.24, 2.45) is 0 Å². The monoisotopic (exact) mass is 267 g/mol. The maximum absolute atomic E-state index is 9.63. The van der Waals surface area contributed by atoms with Gasteiger partial charge in [-0.25, -0.2) is 9.13 Å². The second kappa shape index (κ2) is 4.40. The Kier molecular flexibility index (Phi) is 6.13. The third kappa shape index (κ3) is 12.1. The van der Waals surface area contributed by atoms with E-state index in [1.807, 2.05) is 0 Å². The molecule has 0 fully saturated rings. The van der Waals surface area contributed by atoms with E-state index in [1.54, 1.807) is 0 Å². The first-order valence-corrected chi connectivity index (χ1v) is 4.59. The van der Waals surface area contributed by atoms with Gasteiger partial charge in [0.1, 0.15) is 0 Å². The molecule has 0 atom stereocenters. The van der Waals surface area contributed by atoms with Crippen molar-refractivity contribution in [2.45, 2.75) is 0 Å². The molecule has 0 rings (SSSR count). The molecule has 7 nitrogen and oxygen atoms in total. The van der Waals surface area contributed by atoms with Crippen LogP contribution in [0.15, 0.2) is 0 Å². The molecule has 0 bridgehead atoms. The van der Waals surface area contributed by atoms with Gasteiger partial charge in [-0.1, -0.05) is 0 Å². The Morgan fingerprint density at radius 3 is 1.10 bits per heavy atom. The van der Waals surface area contributed by atoms with Crippen LogP contribution in [0.1, 0.15) is 0 Å². The van der Waals surface area contributed by atoms with E-state index in [0.29, 0.717) is 0 Å². The van der Waals surface area contributed by atoms with Crippen molar-refractivity contribution < 1.29 is 65.7 Å². The van der Waals surface area contributed by atoms with Gasteiger partial charge >= 0.3 is 15.6 Å². The third-order valence-corrected chi connectivity index (χ3v) is 1.91. The standard InChI is InChI=1S/H4O7P2.Y/c1-8(2,3)7-9(4,5)6;/h(H2,1,2,3)(H2,4,5,6);. The first-order valence-electron chi connectivity index (χ1n) is 1.53. The molecule has 0 saturated heterocycles. The maximum Gasteiger partial charge on any atom is 0.478 e. The van der Waals surface area contributed by atoms with E-state index in [4.69, 9.17) is 19.6 Å². The first-order chi connectivity index (χ1) is 3.71. The summed E-state index contributed by atoms with van der Waals surface area (Å²) >= 11 is 0. The summed E-state index contributed by atoms with van der Waals surface area (Å²) in [4.78, 5) is 31.0. The molecule has 4 N–H and O–H groups in total. The van der Waals surface area contributed by atoms with Gasteiger partial charge in [-0.2, -0.15) is 4.31 Å². The topological polar surface area (TPSA) is 124 Å². The second-order valence-corrected chi connectivity index (χ2v) is 3.68. The summed E-state index contributed by atoms with van der Waals surface area (Å²) in [5.41, 5.74) is 0. The zero-order valence-electron chi connectivity index (χ0n) is 4.49. The molecule has 0 spiro atoms. The fourth-order valence-corrected chi connectivity index (χ4v) is 1.25. The Morgan fingerprint density at radius 2 is 1.10 bits per heavy atom. The van der Waals surface area contributed by atoms with Gasteiger partial charge in [-0.05, 0) is 0 Å². The minimum Gasteiger partial charge on any atom is -0.302 e. The van der Waals surface area contributed by atoms with Gasteiger partial charge in [0.2, 0.25) is 0 Å². The average Bonchev–Trinajstić information content (AvgIpc) is 1.14. The fraction of sp³-hybridized carbons (Fsp3) is 0. The largest absolute Gasteiger partial charge is 0.478 e. The van der Waals surface area contributed by atoms with Crippen molar-refractivity contribution in [1.29, 1.82) is 0 Å². The Balaban J connectivity index is 0. The summed E-state index contributed by atoms with van der Waals surface area (Å²) in [5, 5.41) is 0. The molecule has 0 aromatic carbocycles. The summed E-state index contributed by atoms with van der Waals surface area (Å²) in [5.74, 6) is 0. The first kappa shape index (κ1) is 13.9. The van der Waals surface area contributed by atoms with Crippen LogP contribution < -0.4 is 0 Å². The average molecular weight is 267 g/mol. The number of rotatable bonds is 2. The molecule has 10 heteroatoms. The molecule has 59 valence electrons. The van der Waals surface area contributed by atoms with E-state index in [-0.39, 0.29) is 32.7 Å². The van der Waals surface area contributed by atoms with Gasteiger partial charge in [0.25, 0.3) is 0 Å². The van der Waals surface area contributed by atoms with E-state index in [9.17, 15) is 9.13 Å². The van der Waals surface area contributed by atoms with Gasteiger partial charge in [0, 0.05) is 32.7 Å². The molecule has 10 heavy (non-hydrogen) atoms. The van der Waals surface area contributed by atoms with E-state index in [2.05, 4.69) is 4.31 Å². The molecular weight excluding hydrogens is 263 g/mol. The fourth-order valence-electron chi connectivity index (χ4n) is 0.139. The van der Waals surface area contributed by atoms with Crippen LogP contribution in [0.25, 0.3) is 0 Å². The molecule has 0 aliphatic heterocycles. The predicted octanol–water partition coefficient (Wildman–Crippen LogP) is -0.814. The molecule has 0 aliphatic rings. The summed E-state index contributed by atoms with van der Waals surface area (Å²) < 4.78 is 22.2. The van der Waals surface area contributed by atoms with E-state index >= 15 is 0 Å². The van der Waals surface area contributed by atoms with Crippen LogP contribution in [-0.2, 0) is 46.1 Å². The minimum atomic E-state index is -5.05. The Labute approximate surface area is 81.1 Å². The quantitative estimate of drug-likeness (QED) is 0.482. The van der Waals surface area contributed by atoms with Gasteiger partial charge in [-0.15, -0.1) is 0 Å². The molecule has 0 saturated carbocycles. The molecule has 0 aliphatic carbocycles. The Bertz CT molecular complexity index is 152. The Hall–Kier alpha value is 1.36. The number of hydrogen-bond donors (Lipinski definition) is 4. The third-order valence-electron chi connectivity index (χ3n) is 0.213. The molecular formula is H4O7P2Y. The van der Waals surface area contributed by atoms with Crippen LogP contribution >= 0.6 is 15.6 Å². The van der Waals surface area contributed by atoms with E-state index in [1.165, 1.54) is 0 Å². The normalized spacial score (nSPS) is 12.4. The van der Waals surface area contributed by atoms with Crippen molar-refractivity contribution in [3.63, 3.8) is 0 Å². The molecule has 0 heterocycles. The van der Waals surface area contributed by atoms with Gasteiger partial charge < -0.3 is 19.6 Å². The zero-order valence-corrected chi connectivity index (χ0v) is 9.11. The molecule has 0 amide bonds. The zero-order chi connectivity index (χ0) is 7.71. The van der Waals surface area contributed by atoms with Gasteiger partial charge in [0.15, 0.2) is 0 Å². The van der Waals surface area contributed by atoms with E-state index < -0.39 is 15.6 Å². The summed E-state index contributed by atoms with van der Waals surface area (Å²) in [7, 11) is -10.1. The van der Waals surface area contributed by atoms with Crippen LogP contribution in [0.3, 0.4) is 0 Å².